The molecule has 28 heavy (non-hydrogen) atoms. The van der Waals surface area contributed by atoms with Crippen LogP contribution in [-0.2, 0) is 10.2 Å². The van der Waals surface area contributed by atoms with Gasteiger partial charge in [0.2, 0.25) is 5.91 Å². The number of hydrogen-bond donors (Lipinski definition) is 2. The van der Waals surface area contributed by atoms with Crippen LogP contribution in [0.3, 0.4) is 0 Å². The Bertz CT molecular complexity index is 1080. The third kappa shape index (κ3) is 2.22. The first kappa shape index (κ1) is 16.7. The van der Waals surface area contributed by atoms with Crippen molar-refractivity contribution in [1.29, 1.82) is 0 Å². The Hall–Kier alpha value is -3.48. The van der Waals surface area contributed by atoms with Gasteiger partial charge in [0, 0.05) is 24.6 Å². The van der Waals surface area contributed by atoms with Crippen LogP contribution in [0, 0.1) is 6.92 Å². The Morgan fingerprint density at radius 3 is 2.82 bits per heavy atom. The molecule has 1 spiro atoms. The van der Waals surface area contributed by atoms with Gasteiger partial charge >= 0.3 is 0 Å². The van der Waals surface area contributed by atoms with Gasteiger partial charge in [-0.25, -0.2) is 4.98 Å². The van der Waals surface area contributed by atoms with E-state index >= 15 is 0 Å². The molecule has 7 heteroatoms. The van der Waals surface area contributed by atoms with Crippen LogP contribution in [0.25, 0.3) is 0 Å². The summed E-state index contributed by atoms with van der Waals surface area (Å²) < 4.78 is 0. The maximum absolute atomic E-state index is 13.3. The predicted octanol–water partition coefficient (Wildman–Crippen LogP) is 2.59. The van der Waals surface area contributed by atoms with Crippen LogP contribution in [0.4, 0.5) is 5.69 Å². The van der Waals surface area contributed by atoms with Crippen LogP contribution in [0.2, 0.25) is 0 Å². The Labute approximate surface area is 161 Å². The Morgan fingerprint density at radius 2 is 2.07 bits per heavy atom. The lowest BCUT2D eigenvalue weighted by atomic mass is 9.73. The number of nitrogens with zero attached hydrogens (tertiary/aromatic N) is 3. The smallest absolute Gasteiger partial charge is 0.272 e. The van der Waals surface area contributed by atoms with E-state index in [0.29, 0.717) is 24.5 Å². The summed E-state index contributed by atoms with van der Waals surface area (Å²) in [5.41, 5.74) is 2.19. The monoisotopic (exact) mass is 373 g/mol. The van der Waals surface area contributed by atoms with E-state index in [9.17, 15) is 9.59 Å². The van der Waals surface area contributed by atoms with Crippen molar-refractivity contribution in [1.82, 2.24) is 19.9 Å². The number of amides is 2. The quantitative estimate of drug-likeness (QED) is 0.722. The molecule has 3 aromatic rings. The molecule has 1 saturated heterocycles. The largest absolute Gasteiger partial charge is 0.338 e. The minimum absolute atomic E-state index is 0.0707. The van der Waals surface area contributed by atoms with Crippen LogP contribution in [0.5, 0.6) is 0 Å². The second-order valence-corrected chi connectivity index (χ2v) is 7.29. The predicted molar refractivity (Wildman–Crippen MR) is 103 cm³/mol. The molecule has 2 atom stereocenters. The molecule has 2 N–H and O–H groups in total. The first-order valence-corrected chi connectivity index (χ1v) is 9.25. The number of H-pyrrole nitrogens is 1. The molecule has 0 aliphatic carbocycles. The first-order valence-electron chi connectivity index (χ1n) is 9.25. The lowest BCUT2D eigenvalue weighted by Crippen LogP contribution is -2.42. The van der Waals surface area contributed by atoms with E-state index in [1.807, 2.05) is 43.3 Å². The molecule has 140 valence electrons. The molecule has 2 aliphatic rings. The van der Waals surface area contributed by atoms with Crippen LogP contribution in [0.1, 0.15) is 39.9 Å². The minimum atomic E-state index is -0.829. The van der Waals surface area contributed by atoms with Crippen molar-refractivity contribution in [3.63, 3.8) is 0 Å². The molecule has 2 aliphatic heterocycles. The number of aryl methyl sites for hydroxylation is 1. The van der Waals surface area contributed by atoms with Crippen molar-refractivity contribution in [2.45, 2.75) is 24.8 Å². The van der Waals surface area contributed by atoms with Gasteiger partial charge < -0.3 is 15.2 Å². The van der Waals surface area contributed by atoms with E-state index in [1.54, 1.807) is 23.5 Å². The number of pyridine rings is 1. The molecule has 0 radical (unpaired) electrons. The maximum atomic E-state index is 13.3. The van der Waals surface area contributed by atoms with Crippen LogP contribution < -0.4 is 5.32 Å². The van der Waals surface area contributed by atoms with Gasteiger partial charge in [-0.2, -0.15) is 0 Å². The molecule has 2 unspecified atom stereocenters. The number of hydrogen-bond acceptors (Lipinski definition) is 4. The van der Waals surface area contributed by atoms with Gasteiger partial charge in [-0.1, -0.05) is 24.3 Å². The maximum Gasteiger partial charge on any atom is 0.272 e. The number of benzene rings is 1. The number of anilines is 1. The van der Waals surface area contributed by atoms with Gasteiger partial charge in [-0.05, 0) is 36.6 Å². The van der Waals surface area contributed by atoms with Gasteiger partial charge in [0.15, 0.2) is 0 Å². The molecule has 2 aromatic heterocycles. The molecule has 5 rings (SSSR count). The van der Waals surface area contributed by atoms with E-state index in [0.717, 1.165) is 16.8 Å². The number of likely N-dealkylation sites (tertiary alicyclic amines) is 1. The van der Waals surface area contributed by atoms with Gasteiger partial charge in [0.25, 0.3) is 5.91 Å². The van der Waals surface area contributed by atoms with Gasteiger partial charge in [0.1, 0.15) is 16.9 Å². The summed E-state index contributed by atoms with van der Waals surface area (Å²) in [7, 11) is 0. The minimum Gasteiger partial charge on any atom is -0.338 e. The topological polar surface area (TPSA) is 91.0 Å². The summed E-state index contributed by atoms with van der Waals surface area (Å²) in [4.78, 5) is 39.7. The lowest BCUT2D eigenvalue weighted by Gasteiger charge is -2.34. The second kappa shape index (κ2) is 6.02. The highest BCUT2D eigenvalue weighted by molar-refractivity contribution is 6.08. The number of imidazole rings is 1. The van der Waals surface area contributed by atoms with Crippen molar-refractivity contribution < 1.29 is 9.59 Å². The van der Waals surface area contributed by atoms with Crippen molar-refractivity contribution in [3.05, 3.63) is 77.6 Å². The van der Waals surface area contributed by atoms with Crippen molar-refractivity contribution in [3.8, 4) is 0 Å². The fourth-order valence-corrected chi connectivity index (χ4v) is 4.59. The van der Waals surface area contributed by atoms with E-state index in [2.05, 4.69) is 20.3 Å². The molecule has 7 nitrogen and oxygen atoms in total. The average molecular weight is 373 g/mol. The summed E-state index contributed by atoms with van der Waals surface area (Å²) >= 11 is 0. The highest BCUT2D eigenvalue weighted by atomic mass is 16.2. The second-order valence-electron chi connectivity index (χ2n) is 7.29. The summed E-state index contributed by atoms with van der Waals surface area (Å²) in [6.45, 7) is 2.28. The van der Waals surface area contributed by atoms with Crippen molar-refractivity contribution in [2.24, 2.45) is 0 Å². The molecule has 1 fully saturated rings. The SMILES string of the molecule is Cc1ncc(C(=O)N2CCC3(C(=O)Nc4ccccc43)C2c2cccnc2)[nH]1. The zero-order valence-electron chi connectivity index (χ0n) is 15.3. The van der Waals surface area contributed by atoms with E-state index in [4.69, 9.17) is 0 Å². The fraction of sp³-hybridized carbons (Fsp3) is 0.238. The van der Waals surface area contributed by atoms with E-state index in [1.165, 1.54) is 0 Å². The zero-order chi connectivity index (χ0) is 19.3. The van der Waals surface area contributed by atoms with Gasteiger partial charge in [-0.15, -0.1) is 0 Å². The number of carbonyl (C=O) groups is 2. The van der Waals surface area contributed by atoms with E-state index < -0.39 is 11.5 Å². The first-order chi connectivity index (χ1) is 13.6. The average Bonchev–Trinajstić information content (AvgIpc) is 3.40. The lowest BCUT2D eigenvalue weighted by molar-refractivity contribution is -0.121. The number of para-hydroxylation sites is 1. The summed E-state index contributed by atoms with van der Waals surface area (Å²) in [5.74, 6) is 0.446. The number of aromatic amines is 1. The molecular weight excluding hydrogens is 354 g/mol. The van der Waals surface area contributed by atoms with Crippen LogP contribution >= 0.6 is 0 Å². The molecule has 2 amide bonds. The Morgan fingerprint density at radius 1 is 1.21 bits per heavy atom. The normalized spacial score (nSPS) is 23.1. The summed E-state index contributed by atoms with van der Waals surface area (Å²) in [6, 6.07) is 11.0. The standard InChI is InChI=1S/C21H19N5O2/c1-13-23-12-17(24-13)19(27)26-10-8-21(18(26)14-5-4-9-22-11-14)15-6-2-3-7-16(15)25-20(21)28/h2-7,9,11-12,18H,8,10H2,1H3,(H,23,24)(H,25,28). The number of rotatable bonds is 2. The molecule has 1 aromatic carbocycles. The van der Waals surface area contributed by atoms with Crippen LogP contribution in [-0.4, -0.2) is 38.2 Å². The highest BCUT2D eigenvalue weighted by Crippen LogP contribution is 2.54. The van der Waals surface area contributed by atoms with Gasteiger partial charge in [0.05, 0.1) is 12.2 Å². The summed E-state index contributed by atoms with van der Waals surface area (Å²) in [5, 5.41) is 3.02. The highest BCUT2D eigenvalue weighted by Gasteiger charge is 2.59. The van der Waals surface area contributed by atoms with Gasteiger partial charge in [-0.3, -0.25) is 14.6 Å². The third-order valence-corrected chi connectivity index (χ3v) is 5.78. The fourth-order valence-electron chi connectivity index (χ4n) is 4.59. The van der Waals surface area contributed by atoms with Crippen molar-refractivity contribution in [2.75, 3.05) is 11.9 Å². The van der Waals surface area contributed by atoms with Crippen molar-refractivity contribution >= 4 is 17.5 Å². The zero-order valence-corrected chi connectivity index (χ0v) is 15.3. The third-order valence-electron chi connectivity index (χ3n) is 5.78. The number of fused-ring (bicyclic) bond motifs is 2. The number of carbonyl (C=O) groups excluding carboxylic acids is 2. The Balaban J connectivity index is 1.67. The number of nitrogens with one attached hydrogen (secondary N) is 2. The molecule has 0 saturated carbocycles. The molecule has 4 heterocycles. The number of aromatic nitrogens is 3. The summed E-state index contributed by atoms with van der Waals surface area (Å²) in [6.07, 6.45) is 5.53. The van der Waals surface area contributed by atoms with E-state index in [-0.39, 0.29) is 11.8 Å². The molecule has 0 bridgehead atoms. The molecular formula is C21H19N5O2. The van der Waals surface area contributed by atoms with Crippen LogP contribution in [0.15, 0.2) is 55.0 Å². The Kier molecular flexibility index (Phi) is 3.58.